The van der Waals surface area contributed by atoms with Gasteiger partial charge in [0.25, 0.3) is 0 Å². The van der Waals surface area contributed by atoms with Crippen molar-refractivity contribution in [3.63, 3.8) is 0 Å². The Morgan fingerprint density at radius 1 is 1.31 bits per heavy atom. The number of hydrogen-bond donors (Lipinski definition) is 1. The van der Waals surface area contributed by atoms with Gasteiger partial charge in [0.2, 0.25) is 0 Å². The van der Waals surface area contributed by atoms with Crippen molar-refractivity contribution in [3.05, 3.63) is 35.9 Å². The molecule has 2 nitrogen and oxygen atoms in total. The van der Waals surface area contributed by atoms with Gasteiger partial charge in [-0.1, -0.05) is 44.2 Å². The SMILES string of the molecule is CCC1(O)CN(C[C@@H](C)c2ccccc2)C1. The smallest absolute Gasteiger partial charge is 0.0897 e. The summed E-state index contributed by atoms with van der Waals surface area (Å²) >= 11 is 0. The van der Waals surface area contributed by atoms with E-state index in [4.69, 9.17) is 0 Å². The molecule has 2 rings (SSSR count). The lowest BCUT2D eigenvalue weighted by Gasteiger charge is -2.47. The van der Waals surface area contributed by atoms with Crippen LogP contribution in [0, 0.1) is 0 Å². The fraction of sp³-hybridized carbons (Fsp3) is 0.571. The maximum absolute atomic E-state index is 9.93. The van der Waals surface area contributed by atoms with E-state index in [0.717, 1.165) is 26.1 Å². The van der Waals surface area contributed by atoms with Crippen molar-refractivity contribution in [2.45, 2.75) is 31.8 Å². The van der Waals surface area contributed by atoms with Crippen LogP contribution in [0.5, 0.6) is 0 Å². The maximum Gasteiger partial charge on any atom is 0.0897 e. The van der Waals surface area contributed by atoms with Crippen molar-refractivity contribution >= 4 is 0 Å². The molecular weight excluding hydrogens is 198 g/mol. The van der Waals surface area contributed by atoms with Crippen molar-refractivity contribution in [2.24, 2.45) is 0 Å². The molecule has 1 aromatic rings. The third kappa shape index (κ3) is 2.45. The van der Waals surface area contributed by atoms with Gasteiger partial charge in [-0.15, -0.1) is 0 Å². The van der Waals surface area contributed by atoms with Crippen molar-refractivity contribution < 1.29 is 5.11 Å². The normalized spacial score (nSPS) is 21.4. The highest BCUT2D eigenvalue weighted by molar-refractivity contribution is 5.19. The van der Waals surface area contributed by atoms with Gasteiger partial charge in [-0.2, -0.15) is 0 Å². The second-order valence-corrected chi connectivity index (χ2v) is 5.06. The highest BCUT2D eigenvalue weighted by Crippen LogP contribution is 2.27. The first kappa shape index (κ1) is 11.6. The zero-order valence-corrected chi connectivity index (χ0v) is 10.2. The molecule has 2 heteroatoms. The molecule has 0 saturated carbocycles. The first-order valence-corrected chi connectivity index (χ1v) is 6.13. The van der Waals surface area contributed by atoms with Crippen molar-refractivity contribution in [3.8, 4) is 0 Å². The number of aliphatic hydroxyl groups is 1. The Bertz CT molecular complexity index is 330. The van der Waals surface area contributed by atoms with E-state index in [-0.39, 0.29) is 0 Å². The van der Waals surface area contributed by atoms with E-state index >= 15 is 0 Å². The van der Waals surface area contributed by atoms with E-state index < -0.39 is 5.60 Å². The lowest BCUT2D eigenvalue weighted by Crippen LogP contribution is -2.61. The van der Waals surface area contributed by atoms with Gasteiger partial charge in [-0.05, 0) is 17.9 Å². The summed E-state index contributed by atoms with van der Waals surface area (Å²) in [5, 5.41) is 9.93. The minimum atomic E-state index is -0.406. The Labute approximate surface area is 97.9 Å². The molecule has 1 aliphatic heterocycles. The molecule has 0 bridgehead atoms. The van der Waals surface area contributed by atoms with Crippen LogP contribution >= 0.6 is 0 Å². The highest BCUT2D eigenvalue weighted by Gasteiger charge is 2.39. The number of β-amino-alcohol motifs (C(OH)–C–C–N with tert-alkyl or cyclic N) is 1. The summed E-state index contributed by atoms with van der Waals surface area (Å²) in [6.45, 7) is 7.02. The maximum atomic E-state index is 9.93. The number of nitrogens with zero attached hydrogens (tertiary/aromatic N) is 1. The van der Waals surface area contributed by atoms with Crippen LogP contribution in [0.25, 0.3) is 0 Å². The minimum Gasteiger partial charge on any atom is -0.387 e. The summed E-state index contributed by atoms with van der Waals surface area (Å²) in [5.41, 5.74) is 0.977. The van der Waals surface area contributed by atoms with Crippen molar-refractivity contribution in [2.75, 3.05) is 19.6 Å². The molecule has 0 aromatic heterocycles. The Hall–Kier alpha value is -0.860. The first-order chi connectivity index (χ1) is 7.63. The molecule has 88 valence electrons. The first-order valence-electron chi connectivity index (χ1n) is 6.13. The fourth-order valence-corrected chi connectivity index (χ4v) is 2.41. The van der Waals surface area contributed by atoms with Crippen LogP contribution in [0.2, 0.25) is 0 Å². The molecule has 0 amide bonds. The molecule has 0 unspecified atom stereocenters. The van der Waals surface area contributed by atoms with Crippen molar-refractivity contribution in [1.29, 1.82) is 0 Å². The molecule has 0 aliphatic carbocycles. The van der Waals surface area contributed by atoms with Gasteiger partial charge >= 0.3 is 0 Å². The molecule has 0 spiro atoms. The van der Waals surface area contributed by atoms with Gasteiger partial charge in [-0.25, -0.2) is 0 Å². The van der Waals surface area contributed by atoms with Gasteiger partial charge in [-0.3, -0.25) is 4.90 Å². The standard InChI is InChI=1S/C14H21NO/c1-3-14(16)10-15(11-14)9-12(2)13-7-5-4-6-8-13/h4-8,12,16H,3,9-11H2,1-2H3/t12-/m1/s1. The predicted molar refractivity (Wildman–Crippen MR) is 66.5 cm³/mol. The quantitative estimate of drug-likeness (QED) is 0.839. The lowest BCUT2D eigenvalue weighted by atomic mass is 9.89. The Morgan fingerprint density at radius 2 is 1.94 bits per heavy atom. The van der Waals surface area contributed by atoms with E-state index in [1.54, 1.807) is 0 Å². The van der Waals surface area contributed by atoms with Gasteiger partial charge in [0.15, 0.2) is 0 Å². The van der Waals surface area contributed by atoms with Crippen LogP contribution in [0.3, 0.4) is 0 Å². The molecule has 1 aliphatic rings. The van der Waals surface area contributed by atoms with Crippen LogP contribution in [0.1, 0.15) is 31.7 Å². The van der Waals surface area contributed by atoms with Crippen LogP contribution < -0.4 is 0 Å². The number of rotatable bonds is 4. The number of likely N-dealkylation sites (tertiary alicyclic amines) is 1. The van der Waals surface area contributed by atoms with E-state index in [2.05, 4.69) is 49.1 Å². The predicted octanol–water partition coefficient (Wildman–Crippen LogP) is 2.25. The fourth-order valence-electron chi connectivity index (χ4n) is 2.41. The molecule has 1 fully saturated rings. The molecule has 0 radical (unpaired) electrons. The Kier molecular flexibility index (Phi) is 3.31. The summed E-state index contributed by atoms with van der Waals surface area (Å²) in [5.74, 6) is 0.544. The van der Waals surface area contributed by atoms with Crippen LogP contribution in [0.15, 0.2) is 30.3 Å². The molecule has 1 heterocycles. The van der Waals surface area contributed by atoms with Crippen LogP contribution in [0.4, 0.5) is 0 Å². The van der Waals surface area contributed by atoms with E-state index in [1.807, 2.05) is 0 Å². The number of benzene rings is 1. The molecule has 16 heavy (non-hydrogen) atoms. The summed E-state index contributed by atoms with van der Waals surface area (Å²) < 4.78 is 0. The van der Waals surface area contributed by atoms with E-state index in [1.165, 1.54) is 5.56 Å². The van der Waals surface area contributed by atoms with E-state index in [0.29, 0.717) is 5.92 Å². The lowest BCUT2D eigenvalue weighted by molar-refractivity contribution is -0.101. The Morgan fingerprint density at radius 3 is 2.50 bits per heavy atom. The van der Waals surface area contributed by atoms with Crippen LogP contribution in [-0.4, -0.2) is 35.2 Å². The van der Waals surface area contributed by atoms with Gasteiger partial charge in [0, 0.05) is 19.6 Å². The van der Waals surface area contributed by atoms with Gasteiger partial charge < -0.3 is 5.11 Å². The topological polar surface area (TPSA) is 23.5 Å². The van der Waals surface area contributed by atoms with Crippen LogP contribution in [-0.2, 0) is 0 Å². The highest BCUT2D eigenvalue weighted by atomic mass is 16.3. The van der Waals surface area contributed by atoms with Gasteiger partial charge in [0.05, 0.1) is 5.60 Å². The summed E-state index contributed by atoms with van der Waals surface area (Å²) in [7, 11) is 0. The average molecular weight is 219 g/mol. The minimum absolute atomic E-state index is 0.406. The summed E-state index contributed by atoms with van der Waals surface area (Å²) in [4.78, 5) is 2.33. The average Bonchev–Trinajstić information content (AvgIpc) is 2.28. The molecule has 1 aromatic carbocycles. The third-order valence-electron chi connectivity index (χ3n) is 3.59. The van der Waals surface area contributed by atoms with Crippen molar-refractivity contribution in [1.82, 2.24) is 4.90 Å². The third-order valence-corrected chi connectivity index (χ3v) is 3.59. The monoisotopic (exact) mass is 219 g/mol. The second-order valence-electron chi connectivity index (χ2n) is 5.06. The summed E-state index contributed by atoms with van der Waals surface area (Å²) in [6.07, 6.45) is 0.864. The Balaban J connectivity index is 1.84. The zero-order valence-electron chi connectivity index (χ0n) is 10.2. The second kappa shape index (κ2) is 4.56. The van der Waals surface area contributed by atoms with E-state index in [9.17, 15) is 5.11 Å². The number of hydrogen-bond acceptors (Lipinski definition) is 2. The molecule has 1 N–H and O–H groups in total. The molecule has 1 atom stereocenters. The zero-order chi connectivity index (χ0) is 11.6. The largest absolute Gasteiger partial charge is 0.387 e. The summed E-state index contributed by atoms with van der Waals surface area (Å²) in [6, 6.07) is 10.6. The molecular formula is C14H21NO. The van der Waals surface area contributed by atoms with Gasteiger partial charge in [0.1, 0.15) is 0 Å². The molecule has 1 saturated heterocycles.